The number of benzene rings is 1. The molecular weight excluding hydrogens is 226 g/mol. The molecule has 1 aromatic carbocycles. The van der Waals surface area contributed by atoms with Crippen LogP contribution in [0.4, 0.5) is 0 Å². The van der Waals surface area contributed by atoms with Gasteiger partial charge in [0.2, 0.25) is 0 Å². The summed E-state index contributed by atoms with van der Waals surface area (Å²) in [6, 6.07) is 9.34. The van der Waals surface area contributed by atoms with Crippen molar-refractivity contribution in [1.29, 1.82) is 0 Å². The van der Waals surface area contributed by atoms with E-state index in [1.54, 1.807) is 0 Å². The van der Waals surface area contributed by atoms with Crippen LogP contribution in [0.5, 0.6) is 0 Å². The van der Waals surface area contributed by atoms with Crippen molar-refractivity contribution in [3.63, 3.8) is 0 Å². The average Bonchev–Trinajstić information content (AvgIpc) is 2.44. The normalized spacial score (nSPS) is 12.4. The summed E-state index contributed by atoms with van der Waals surface area (Å²) in [7, 11) is 1.43. The lowest BCUT2D eigenvalue weighted by molar-refractivity contribution is -0.143. The molecule has 0 aliphatic rings. The molecule has 3 nitrogen and oxygen atoms in total. The minimum absolute atomic E-state index is 0.229. The van der Waals surface area contributed by atoms with Gasteiger partial charge in [-0.3, -0.25) is 0 Å². The predicted octanol–water partition coefficient (Wildman–Crippen LogP) is 2.93. The molecule has 0 radical (unpaired) electrons. The number of methoxy groups -OCH3 is 1. The van der Waals surface area contributed by atoms with Gasteiger partial charge < -0.3 is 10.1 Å². The average molecular weight is 249 g/mol. The second-order valence-corrected chi connectivity index (χ2v) is 4.46. The van der Waals surface area contributed by atoms with Gasteiger partial charge in [0.15, 0.2) is 0 Å². The van der Waals surface area contributed by atoms with Gasteiger partial charge in [0.05, 0.1) is 7.11 Å². The Labute approximate surface area is 110 Å². The fourth-order valence-corrected chi connectivity index (χ4v) is 1.96. The number of nitrogens with one attached hydrogen (secondary N) is 1. The molecule has 0 saturated carbocycles. The summed E-state index contributed by atoms with van der Waals surface area (Å²) in [5.41, 5.74) is 0.954. The van der Waals surface area contributed by atoms with Crippen molar-refractivity contribution in [3.05, 3.63) is 35.9 Å². The summed E-state index contributed by atoms with van der Waals surface area (Å²) < 4.78 is 4.86. The molecule has 1 atom stereocenters. The van der Waals surface area contributed by atoms with E-state index in [0.29, 0.717) is 5.92 Å². The van der Waals surface area contributed by atoms with Crippen LogP contribution in [0, 0.1) is 5.92 Å². The molecule has 100 valence electrons. The molecule has 0 spiro atoms. The summed E-state index contributed by atoms with van der Waals surface area (Å²) in [6.45, 7) is 5.18. The molecule has 0 aliphatic carbocycles. The Balaban J connectivity index is 2.71. The lowest BCUT2D eigenvalue weighted by atomic mass is 10.0. The molecule has 1 rings (SSSR count). The summed E-state index contributed by atoms with van der Waals surface area (Å²) in [5.74, 6) is 0.369. The van der Waals surface area contributed by atoms with E-state index in [1.807, 2.05) is 30.3 Å². The molecule has 1 unspecified atom stereocenters. The van der Waals surface area contributed by atoms with Crippen molar-refractivity contribution in [2.75, 3.05) is 13.7 Å². The maximum Gasteiger partial charge on any atom is 0.327 e. The Morgan fingerprint density at radius 3 is 2.33 bits per heavy atom. The van der Waals surface area contributed by atoms with E-state index >= 15 is 0 Å². The highest BCUT2D eigenvalue weighted by molar-refractivity contribution is 5.77. The molecule has 18 heavy (non-hydrogen) atoms. The molecule has 0 aliphatic heterocycles. The van der Waals surface area contributed by atoms with E-state index < -0.39 is 0 Å². The van der Waals surface area contributed by atoms with E-state index in [9.17, 15) is 4.79 Å². The van der Waals surface area contributed by atoms with Crippen molar-refractivity contribution in [3.8, 4) is 0 Å². The molecule has 0 saturated heterocycles. The number of carbonyl (C=O) groups is 1. The largest absolute Gasteiger partial charge is 0.468 e. The maximum absolute atomic E-state index is 11.8. The van der Waals surface area contributed by atoms with Gasteiger partial charge in [0.25, 0.3) is 0 Å². The Hall–Kier alpha value is -1.35. The van der Waals surface area contributed by atoms with E-state index in [1.165, 1.54) is 7.11 Å². The third kappa shape index (κ3) is 4.15. The van der Waals surface area contributed by atoms with Gasteiger partial charge in [-0.15, -0.1) is 0 Å². The van der Waals surface area contributed by atoms with Gasteiger partial charge in [-0.1, -0.05) is 57.0 Å². The van der Waals surface area contributed by atoms with Crippen molar-refractivity contribution < 1.29 is 9.53 Å². The number of rotatable bonds is 7. The molecule has 1 N–H and O–H groups in total. The number of ether oxygens (including phenoxy) is 1. The summed E-state index contributed by atoms with van der Waals surface area (Å²) in [5, 5.41) is 3.31. The summed E-state index contributed by atoms with van der Waals surface area (Å²) in [4.78, 5) is 11.8. The lowest BCUT2D eigenvalue weighted by Crippen LogP contribution is -2.33. The van der Waals surface area contributed by atoms with Gasteiger partial charge >= 0.3 is 5.97 Å². The summed E-state index contributed by atoms with van der Waals surface area (Å²) >= 11 is 0. The van der Waals surface area contributed by atoms with Gasteiger partial charge in [-0.05, 0) is 18.0 Å². The minimum Gasteiger partial charge on any atom is -0.468 e. The molecule has 0 aromatic heterocycles. The van der Waals surface area contributed by atoms with Crippen LogP contribution in [-0.2, 0) is 9.53 Å². The smallest absolute Gasteiger partial charge is 0.327 e. The number of hydrogen-bond donors (Lipinski definition) is 1. The number of esters is 1. The van der Waals surface area contributed by atoms with Crippen molar-refractivity contribution in [2.24, 2.45) is 5.92 Å². The fraction of sp³-hybridized carbons (Fsp3) is 0.533. The Bertz CT molecular complexity index is 347. The highest BCUT2D eigenvalue weighted by Crippen LogP contribution is 2.15. The molecule has 0 bridgehead atoms. The first-order valence-corrected chi connectivity index (χ1v) is 6.59. The third-order valence-corrected chi connectivity index (χ3v) is 3.34. The third-order valence-electron chi connectivity index (χ3n) is 3.34. The first kappa shape index (κ1) is 14.7. The molecule has 3 heteroatoms. The molecule has 0 heterocycles. The van der Waals surface area contributed by atoms with Crippen molar-refractivity contribution >= 4 is 5.97 Å². The highest BCUT2D eigenvalue weighted by Gasteiger charge is 2.21. The van der Waals surface area contributed by atoms with Gasteiger partial charge in [-0.2, -0.15) is 0 Å². The van der Waals surface area contributed by atoms with E-state index in [4.69, 9.17) is 4.74 Å². The SMILES string of the molecule is CCC(CC)CNC(C(=O)OC)c1ccccc1. The van der Waals surface area contributed by atoms with Crippen LogP contribution < -0.4 is 5.32 Å². The minimum atomic E-state index is -0.364. The Morgan fingerprint density at radius 2 is 1.83 bits per heavy atom. The topological polar surface area (TPSA) is 38.3 Å². The van der Waals surface area contributed by atoms with Crippen LogP contribution in [0.3, 0.4) is 0 Å². The van der Waals surface area contributed by atoms with E-state index in [0.717, 1.165) is 24.9 Å². The van der Waals surface area contributed by atoms with Crippen LogP contribution in [-0.4, -0.2) is 19.6 Å². The number of carbonyl (C=O) groups excluding carboxylic acids is 1. The molecule has 0 amide bonds. The zero-order valence-electron chi connectivity index (χ0n) is 11.5. The van der Waals surface area contributed by atoms with Crippen molar-refractivity contribution in [1.82, 2.24) is 5.32 Å². The van der Waals surface area contributed by atoms with Crippen LogP contribution in [0.2, 0.25) is 0 Å². The number of hydrogen-bond acceptors (Lipinski definition) is 3. The van der Waals surface area contributed by atoms with Gasteiger partial charge in [0.1, 0.15) is 6.04 Å². The highest BCUT2D eigenvalue weighted by atomic mass is 16.5. The van der Waals surface area contributed by atoms with E-state index in [-0.39, 0.29) is 12.0 Å². The van der Waals surface area contributed by atoms with Crippen LogP contribution in [0.1, 0.15) is 38.3 Å². The zero-order chi connectivity index (χ0) is 13.4. The maximum atomic E-state index is 11.8. The molecule has 1 aromatic rings. The van der Waals surface area contributed by atoms with Gasteiger partial charge in [0, 0.05) is 0 Å². The van der Waals surface area contributed by atoms with Crippen molar-refractivity contribution in [2.45, 2.75) is 32.7 Å². The fourth-order valence-electron chi connectivity index (χ4n) is 1.96. The lowest BCUT2D eigenvalue weighted by Gasteiger charge is -2.20. The summed E-state index contributed by atoms with van der Waals surface area (Å²) in [6.07, 6.45) is 2.23. The molecular formula is C15H23NO2. The van der Waals surface area contributed by atoms with E-state index in [2.05, 4.69) is 19.2 Å². The van der Waals surface area contributed by atoms with Crippen LogP contribution in [0.25, 0.3) is 0 Å². The first-order chi connectivity index (χ1) is 8.72. The standard InChI is InChI=1S/C15H23NO2/c1-4-12(5-2)11-16-14(15(17)18-3)13-9-7-6-8-10-13/h6-10,12,14,16H,4-5,11H2,1-3H3. The van der Waals surface area contributed by atoms with Gasteiger partial charge in [-0.25, -0.2) is 4.79 Å². The monoisotopic (exact) mass is 249 g/mol. The van der Waals surface area contributed by atoms with Crippen LogP contribution >= 0.6 is 0 Å². The predicted molar refractivity (Wildman–Crippen MR) is 73.3 cm³/mol. The van der Waals surface area contributed by atoms with Crippen LogP contribution in [0.15, 0.2) is 30.3 Å². The zero-order valence-corrected chi connectivity index (χ0v) is 11.5. The Morgan fingerprint density at radius 1 is 1.22 bits per heavy atom. The quantitative estimate of drug-likeness (QED) is 0.755. The Kier molecular flexibility index (Phi) is 6.44. The molecule has 0 fully saturated rings. The first-order valence-electron chi connectivity index (χ1n) is 6.59. The second kappa shape index (κ2) is 7.88. The second-order valence-electron chi connectivity index (χ2n) is 4.46.